The number of benzene rings is 1. The molecule has 0 aliphatic carbocycles. The van der Waals surface area contributed by atoms with Gasteiger partial charge in [-0.2, -0.15) is 0 Å². The molecular weight excluding hydrogens is 252 g/mol. The molecule has 1 aromatic carbocycles. The molecule has 0 spiro atoms. The van der Waals surface area contributed by atoms with Crippen LogP contribution in [-0.4, -0.2) is 22.6 Å². The van der Waals surface area contributed by atoms with Crippen molar-refractivity contribution in [3.05, 3.63) is 54.5 Å². The third-order valence-corrected chi connectivity index (χ3v) is 3.39. The molecule has 0 N–H and O–H groups in total. The summed E-state index contributed by atoms with van der Waals surface area (Å²) in [7, 11) is 3.31. The Morgan fingerprint density at radius 1 is 1.25 bits per heavy atom. The molecule has 0 saturated heterocycles. The normalized spacial score (nSPS) is 10.7. The lowest BCUT2D eigenvalue weighted by Crippen LogP contribution is -1.99. The van der Waals surface area contributed by atoms with Crippen molar-refractivity contribution in [2.75, 3.05) is 7.11 Å². The number of hydrogen-bond donors (Lipinski definition) is 0. The van der Waals surface area contributed by atoms with Gasteiger partial charge in [-0.15, -0.1) is 0 Å². The van der Waals surface area contributed by atoms with Crippen LogP contribution in [0.2, 0.25) is 0 Å². The summed E-state index contributed by atoms with van der Waals surface area (Å²) >= 11 is 0. The van der Waals surface area contributed by atoms with Crippen molar-refractivity contribution in [1.82, 2.24) is 9.55 Å². The topological polar surface area (TPSA) is 44.1 Å². The number of aryl methyl sites for hydroxylation is 1. The van der Waals surface area contributed by atoms with Crippen LogP contribution in [0, 0.1) is 0 Å². The zero-order chi connectivity index (χ0) is 14.1. The van der Waals surface area contributed by atoms with Gasteiger partial charge in [0.2, 0.25) is 0 Å². The van der Waals surface area contributed by atoms with Crippen LogP contribution in [0.5, 0.6) is 0 Å². The van der Waals surface area contributed by atoms with Crippen LogP contribution < -0.4 is 0 Å². The summed E-state index contributed by atoms with van der Waals surface area (Å²) in [4.78, 5) is 16.0. The maximum absolute atomic E-state index is 11.8. The lowest BCUT2D eigenvalue weighted by atomic mass is 10.0. The summed E-state index contributed by atoms with van der Waals surface area (Å²) in [6.45, 7) is 0. The van der Waals surface area contributed by atoms with E-state index in [2.05, 4.69) is 4.98 Å². The minimum Gasteiger partial charge on any atom is -0.465 e. The maximum atomic E-state index is 11.8. The van der Waals surface area contributed by atoms with Gasteiger partial charge in [0.25, 0.3) is 0 Å². The van der Waals surface area contributed by atoms with Crippen LogP contribution in [0.25, 0.3) is 22.0 Å². The Morgan fingerprint density at radius 2 is 2.10 bits per heavy atom. The molecule has 0 amide bonds. The third-order valence-electron chi connectivity index (χ3n) is 3.39. The highest BCUT2D eigenvalue weighted by molar-refractivity contribution is 6.05. The molecule has 2 aromatic heterocycles. The molecule has 2 heterocycles. The number of esters is 1. The monoisotopic (exact) mass is 266 g/mol. The number of ether oxygens (including phenoxy) is 1. The standard InChI is InChI=1S/C16H14N2O2/c1-18-10-14(16(19)20-2)13-8-11(5-6-15(13)18)12-4-3-7-17-9-12/h3-10H,1-2H3. The fourth-order valence-electron chi connectivity index (χ4n) is 2.38. The van der Waals surface area contributed by atoms with Crippen LogP contribution >= 0.6 is 0 Å². The van der Waals surface area contributed by atoms with E-state index in [4.69, 9.17) is 4.74 Å². The quantitative estimate of drug-likeness (QED) is 0.670. The first-order valence-electron chi connectivity index (χ1n) is 6.28. The van der Waals surface area contributed by atoms with E-state index in [1.54, 1.807) is 12.4 Å². The fraction of sp³-hybridized carbons (Fsp3) is 0.125. The molecule has 0 aliphatic heterocycles. The van der Waals surface area contributed by atoms with Gasteiger partial charge in [0.15, 0.2) is 0 Å². The molecule has 0 fully saturated rings. The second-order valence-corrected chi connectivity index (χ2v) is 4.62. The first-order valence-corrected chi connectivity index (χ1v) is 6.28. The molecule has 0 bridgehead atoms. The first-order chi connectivity index (χ1) is 9.70. The Kier molecular flexibility index (Phi) is 2.99. The van der Waals surface area contributed by atoms with Gasteiger partial charge in [-0.3, -0.25) is 4.98 Å². The SMILES string of the molecule is COC(=O)c1cn(C)c2ccc(-c3cccnc3)cc12. The van der Waals surface area contributed by atoms with Crippen molar-refractivity contribution < 1.29 is 9.53 Å². The minimum atomic E-state index is -0.320. The van der Waals surface area contributed by atoms with Gasteiger partial charge in [-0.25, -0.2) is 4.79 Å². The molecule has 100 valence electrons. The van der Waals surface area contributed by atoms with E-state index >= 15 is 0 Å². The molecule has 0 unspecified atom stereocenters. The summed E-state index contributed by atoms with van der Waals surface area (Å²) in [5, 5.41) is 0.890. The summed E-state index contributed by atoms with van der Waals surface area (Å²) < 4.78 is 6.76. The van der Waals surface area contributed by atoms with Crippen LogP contribution in [0.4, 0.5) is 0 Å². The van der Waals surface area contributed by atoms with Crippen molar-refractivity contribution in [2.24, 2.45) is 7.05 Å². The van der Waals surface area contributed by atoms with Crippen molar-refractivity contribution in [1.29, 1.82) is 0 Å². The smallest absolute Gasteiger partial charge is 0.340 e. The fourth-order valence-corrected chi connectivity index (χ4v) is 2.38. The lowest BCUT2D eigenvalue weighted by Gasteiger charge is -2.03. The first kappa shape index (κ1) is 12.4. The number of carbonyl (C=O) groups is 1. The highest BCUT2D eigenvalue weighted by Crippen LogP contribution is 2.27. The Balaban J connectivity index is 2.22. The summed E-state index contributed by atoms with van der Waals surface area (Å²) in [6, 6.07) is 9.92. The number of pyridine rings is 1. The average molecular weight is 266 g/mol. The van der Waals surface area contributed by atoms with Crippen LogP contribution in [0.15, 0.2) is 48.9 Å². The zero-order valence-electron chi connectivity index (χ0n) is 11.3. The Morgan fingerprint density at radius 3 is 2.80 bits per heavy atom. The third kappa shape index (κ3) is 1.95. The molecular formula is C16H14N2O2. The van der Waals surface area contributed by atoms with Gasteiger partial charge in [0.1, 0.15) is 0 Å². The number of hydrogen-bond acceptors (Lipinski definition) is 3. The van der Waals surface area contributed by atoms with E-state index in [0.717, 1.165) is 22.0 Å². The van der Waals surface area contributed by atoms with Crippen molar-refractivity contribution in [3.63, 3.8) is 0 Å². The highest BCUT2D eigenvalue weighted by atomic mass is 16.5. The zero-order valence-corrected chi connectivity index (χ0v) is 11.3. The molecule has 3 aromatic rings. The Bertz CT molecular complexity index is 776. The molecule has 0 aliphatic rings. The molecule has 0 saturated carbocycles. The van der Waals surface area contributed by atoms with Crippen LogP contribution in [0.3, 0.4) is 0 Å². The largest absolute Gasteiger partial charge is 0.465 e. The molecule has 0 radical (unpaired) electrons. The van der Waals surface area contributed by atoms with Gasteiger partial charge in [-0.05, 0) is 23.8 Å². The van der Waals surface area contributed by atoms with Crippen molar-refractivity contribution in [2.45, 2.75) is 0 Å². The van der Waals surface area contributed by atoms with Gasteiger partial charge < -0.3 is 9.30 Å². The summed E-state index contributed by atoms with van der Waals surface area (Å²) in [6.07, 6.45) is 5.34. The predicted octanol–water partition coefficient (Wildman–Crippen LogP) is 3.03. The van der Waals surface area contributed by atoms with E-state index in [1.165, 1.54) is 7.11 Å². The lowest BCUT2D eigenvalue weighted by molar-refractivity contribution is 0.0603. The predicted molar refractivity (Wildman–Crippen MR) is 77.5 cm³/mol. The second kappa shape index (κ2) is 4.81. The van der Waals surface area contributed by atoms with E-state index in [0.29, 0.717) is 5.56 Å². The number of nitrogens with zero attached hydrogens (tertiary/aromatic N) is 2. The second-order valence-electron chi connectivity index (χ2n) is 4.62. The number of aromatic nitrogens is 2. The molecule has 3 rings (SSSR count). The van der Waals surface area contributed by atoms with Gasteiger partial charge in [0.05, 0.1) is 12.7 Å². The Hall–Kier alpha value is -2.62. The van der Waals surface area contributed by atoms with Crippen LogP contribution in [-0.2, 0) is 11.8 Å². The van der Waals surface area contributed by atoms with E-state index < -0.39 is 0 Å². The summed E-state index contributed by atoms with van der Waals surface area (Å²) in [5.41, 5.74) is 3.63. The Labute approximate surface area is 116 Å². The van der Waals surface area contributed by atoms with Gasteiger partial charge in [-0.1, -0.05) is 12.1 Å². The average Bonchev–Trinajstić information content (AvgIpc) is 2.84. The van der Waals surface area contributed by atoms with Crippen molar-refractivity contribution in [3.8, 4) is 11.1 Å². The van der Waals surface area contributed by atoms with Crippen LogP contribution in [0.1, 0.15) is 10.4 Å². The number of rotatable bonds is 2. The minimum absolute atomic E-state index is 0.320. The van der Waals surface area contributed by atoms with Crippen molar-refractivity contribution >= 4 is 16.9 Å². The number of carbonyl (C=O) groups excluding carboxylic acids is 1. The van der Waals surface area contributed by atoms with E-state index in [1.807, 2.05) is 48.1 Å². The van der Waals surface area contributed by atoms with Gasteiger partial charge >= 0.3 is 5.97 Å². The highest BCUT2D eigenvalue weighted by Gasteiger charge is 2.14. The van der Waals surface area contributed by atoms with E-state index in [-0.39, 0.29) is 5.97 Å². The van der Waals surface area contributed by atoms with Gasteiger partial charge in [0, 0.05) is 42.1 Å². The molecule has 4 heteroatoms. The molecule has 20 heavy (non-hydrogen) atoms. The number of methoxy groups -OCH3 is 1. The maximum Gasteiger partial charge on any atom is 0.340 e. The summed E-state index contributed by atoms with van der Waals surface area (Å²) in [5.74, 6) is -0.320. The molecule has 0 atom stereocenters. The number of fused-ring (bicyclic) bond motifs is 1. The molecule has 4 nitrogen and oxygen atoms in total. The van der Waals surface area contributed by atoms with E-state index in [9.17, 15) is 4.79 Å².